The second kappa shape index (κ2) is 6.17. The molecule has 2 N–H and O–H groups in total. The number of nitrogens with two attached hydrogens (primary N) is 1. The zero-order valence-corrected chi connectivity index (χ0v) is 11.1. The van der Waals surface area contributed by atoms with Gasteiger partial charge in [0.05, 0.1) is 25.4 Å². The maximum atomic E-state index is 5.67. The summed E-state index contributed by atoms with van der Waals surface area (Å²) in [6.07, 6.45) is 3.92. The number of aromatic nitrogens is 2. The molecule has 1 aromatic rings. The fraction of sp³-hybridized carbons (Fsp3) is 0.750. The van der Waals surface area contributed by atoms with Gasteiger partial charge in [-0.15, -0.1) is 0 Å². The van der Waals surface area contributed by atoms with Gasteiger partial charge in [0.25, 0.3) is 0 Å². The fourth-order valence-corrected chi connectivity index (χ4v) is 2.26. The van der Waals surface area contributed by atoms with Gasteiger partial charge in [0.15, 0.2) is 0 Å². The van der Waals surface area contributed by atoms with E-state index in [2.05, 4.69) is 21.4 Å². The fourth-order valence-electron chi connectivity index (χ4n) is 2.26. The van der Waals surface area contributed by atoms with Gasteiger partial charge in [-0.2, -0.15) is 0 Å². The molecule has 0 aromatic carbocycles. The molecule has 1 aliphatic rings. The van der Waals surface area contributed by atoms with Crippen LogP contribution in [0.4, 0.5) is 5.95 Å². The number of anilines is 1. The maximum absolute atomic E-state index is 5.67. The third kappa shape index (κ3) is 2.82. The second-order valence-corrected chi connectivity index (χ2v) is 4.61. The third-order valence-corrected chi connectivity index (χ3v) is 3.22. The zero-order valence-electron chi connectivity index (χ0n) is 11.1. The predicted molar refractivity (Wildman–Crippen MR) is 69.8 cm³/mol. The molecular weight excluding hydrogens is 232 g/mol. The average molecular weight is 254 g/mol. The lowest BCUT2D eigenvalue weighted by atomic mass is 10.3. The Bertz CT molecular complexity index is 369. The number of ether oxygens (including phenoxy) is 2. The van der Waals surface area contributed by atoms with Crippen LogP contribution in [0.1, 0.15) is 13.0 Å². The molecule has 0 spiro atoms. The summed E-state index contributed by atoms with van der Waals surface area (Å²) in [5.41, 5.74) is 5.67. The van der Waals surface area contributed by atoms with Crippen molar-refractivity contribution in [3.63, 3.8) is 0 Å². The molecule has 0 saturated carbocycles. The standard InChI is InChI=1S/C12H22N4O2/c1-10(9-17-2)16-4-3-14-12(16)15-5-6-18-11(7-13)8-15/h3-4,10-11H,5-9,13H2,1-2H3. The highest BCUT2D eigenvalue weighted by atomic mass is 16.5. The quantitative estimate of drug-likeness (QED) is 0.816. The van der Waals surface area contributed by atoms with Gasteiger partial charge in [-0.05, 0) is 6.92 Å². The van der Waals surface area contributed by atoms with Crippen LogP contribution in [-0.2, 0) is 9.47 Å². The van der Waals surface area contributed by atoms with Gasteiger partial charge in [-0.1, -0.05) is 0 Å². The van der Waals surface area contributed by atoms with E-state index in [1.807, 2.05) is 12.4 Å². The van der Waals surface area contributed by atoms with Crippen LogP contribution in [0.2, 0.25) is 0 Å². The van der Waals surface area contributed by atoms with E-state index in [0.717, 1.165) is 19.0 Å². The number of hydrogen-bond acceptors (Lipinski definition) is 5. The lowest BCUT2D eigenvalue weighted by Crippen LogP contribution is -2.46. The van der Waals surface area contributed by atoms with Crippen molar-refractivity contribution in [3.05, 3.63) is 12.4 Å². The highest BCUT2D eigenvalue weighted by Gasteiger charge is 2.23. The van der Waals surface area contributed by atoms with Crippen molar-refractivity contribution in [1.29, 1.82) is 0 Å². The number of methoxy groups -OCH3 is 1. The number of morpholine rings is 1. The molecule has 1 saturated heterocycles. The van der Waals surface area contributed by atoms with E-state index in [1.54, 1.807) is 7.11 Å². The van der Waals surface area contributed by atoms with Crippen LogP contribution >= 0.6 is 0 Å². The average Bonchev–Trinajstić information content (AvgIpc) is 2.88. The Morgan fingerprint density at radius 1 is 1.67 bits per heavy atom. The summed E-state index contributed by atoms with van der Waals surface area (Å²) in [5, 5.41) is 0. The first-order valence-corrected chi connectivity index (χ1v) is 6.34. The first-order chi connectivity index (χ1) is 8.76. The first kappa shape index (κ1) is 13.3. The summed E-state index contributed by atoms with van der Waals surface area (Å²) < 4.78 is 12.9. The van der Waals surface area contributed by atoms with Gasteiger partial charge < -0.3 is 24.7 Å². The first-order valence-electron chi connectivity index (χ1n) is 6.34. The molecule has 0 aliphatic carbocycles. The second-order valence-electron chi connectivity index (χ2n) is 4.61. The van der Waals surface area contributed by atoms with Crippen LogP contribution in [0.3, 0.4) is 0 Å². The summed E-state index contributed by atoms with van der Waals surface area (Å²) in [4.78, 5) is 6.68. The minimum absolute atomic E-state index is 0.0987. The zero-order chi connectivity index (χ0) is 13.0. The lowest BCUT2D eigenvalue weighted by molar-refractivity contribution is 0.0455. The van der Waals surface area contributed by atoms with Gasteiger partial charge in [-0.3, -0.25) is 0 Å². The van der Waals surface area contributed by atoms with E-state index >= 15 is 0 Å². The van der Waals surface area contributed by atoms with Gasteiger partial charge >= 0.3 is 0 Å². The van der Waals surface area contributed by atoms with Crippen LogP contribution in [0.5, 0.6) is 0 Å². The Kier molecular flexibility index (Phi) is 4.57. The SMILES string of the molecule is COCC(C)n1ccnc1N1CCOC(CN)C1. The minimum atomic E-state index is 0.0987. The molecular formula is C12H22N4O2. The Morgan fingerprint density at radius 3 is 3.22 bits per heavy atom. The largest absolute Gasteiger partial charge is 0.383 e. The molecule has 6 nitrogen and oxygen atoms in total. The van der Waals surface area contributed by atoms with E-state index in [4.69, 9.17) is 15.2 Å². The summed E-state index contributed by atoms with van der Waals surface area (Å²) in [6, 6.07) is 0.270. The molecule has 0 radical (unpaired) electrons. The number of hydrogen-bond donors (Lipinski definition) is 1. The molecule has 2 unspecified atom stereocenters. The van der Waals surface area contributed by atoms with Gasteiger partial charge in [0.2, 0.25) is 5.95 Å². The molecule has 1 aliphatic heterocycles. The Hall–Kier alpha value is -1.11. The van der Waals surface area contributed by atoms with E-state index in [0.29, 0.717) is 19.8 Å². The highest BCUT2D eigenvalue weighted by Crippen LogP contribution is 2.20. The Balaban J connectivity index is 2.10. The molecule has 18 heavy (non-hydrogen) atoms. The normalized spacial score (nSPS) is 22.2. The van der Waals surface area contributed by atoms with Crippen molar-refractivity contribution < 1.29 is 9.47 Å². The topological polar surface area (TPSA) is 65.5 Å². The molecule has 1 aromatic heterocycles. The summed E-state index contributed by atoms with van der Waals surface area (Å²) in [7, 11) is 1.71. The molecule has 1 fully saturated rings. The molecule has 6 heteroatoms. The van der Waals surface area contributed by atoms with E-state index < -0.39 is 0 Å². The summed E-state index contributed by atoms with van der Waals surface area (Å²) >= 11 is 0. The molecule has 2 heterocycles. The monoisotopic (exact) mass is 254 g/mol. The number of rotatable bonds is 5. The Labute approximate surface area is 108 Å². The van der Waals surface area contributed by atoms with E-state index in [9.17, 15) is 0 Å². The van der Waals surface area contributed by atoms with Crippen molar-refractivity contribution in [3.8, 4) is 0 Å². The predicted octanol–water partition coefficient (Wildman–Crippen LogP) is 0.254. The van der Waals surface area contributed by atoms with Crippen molar-refractivity contribution in [1.82, 2.24) is 9.55 Å². The van der Waals surface area contributed by atoms with Gasteiger partial charge in [0.1, 0.15) is 0 Å². The van der Waals surface area contributed by atoms with Crippen molar-refractivity contribution >= 4 is 5.95 Å². The van der Waals surface area contributed by atoms with Crippen molar-refractivity contribution in [2.45, 2.75) is 19.1 Å². The molecule has 102 valence electrons. The van der Waals surface area contributed by atoms with Crippen molar-refractivity contribution in [2.24, 2.45) is 5.73 Å². The van der Waals surface area contributed by atoms with Gasteiger partial charge in [0, 0.05) is 39.1 Å². The van der Waals surface area contributed by atoms with Gasteiger partial charge in [-0.25, -0.2) is 4.98 Å². The number of imidazole rings is 1. The van der Waals surface area contributed by atoms with Crippen LogP contribution in [0, 0.1) is 0 Å². The smallest absolute Gasteiger partial charge is 0.205 e. The maximum Gasteiger partial charge on any atom is 0.205 e. The Morgan fingerprint density at radius 2 is 2.50 bits per heavy atom. The minimum Gasteiger partial charge on any atom is -0.383 e. The van der Waals surface area contributed by atoms with E-state index in [1.165, 1.54) is 0 Å². The van der Waals surface area contributed by atoms with Crippen molar-refractivity contribution in [2.75, 3.05) is 44.9 Å². The number of nitrogens with zero attached hydrogens (tertiary/aromatic N) is 3. The van der Waals surface area contributed by atoms with E-state index in [-0.39, 0.29) is 12.1 Å². The van der Waals surface area contributed by atoms with Crippen LogP contribution < -0.4 is 10.6 Å². The third-order valence-electron chi connectivity index (χ3n) is 3.22. The molecule has 0 amide bonds. The van der Waals surface area contributed by atoms with Crippen LogP contribution in [0.25, 0.3) is 0 Å². The molecule has 2 atom stereocenters. The molecule has 2 rings (SSSR count). The summed E-state index contributed by atoms with van der Waals surface area (Å²) in [6.45, 7) is 5.70. The van der Waals surface area contributed by atoms with Crippen LogP contribution in [-0.4, -0.2) is 55.6 Å². The lowest BCUT2D eigenvalue weighted by Gasteiger charge is -2.34. The summed E-state index contributed by atoms with van der Waals surface area (Å²) in [5.74, 6) is 0.973. The van der Waals surface area contributed by atoms with Crippen LogP contribution in [0.15, 0.2) is 12.4 Å². The molecule has 0 bridgehead atoms. The highest BCUT2D eigenvalue weighted by molar-refractivity contribution is 5.32.